The zero-order chi connectivity index (χ0) is 30.4. The summed E-state index contributed by atoms with van der Waals surface area (Å²) in [6.45, 7) is 9.30. The summed E-state index contributed by atoms with van der Waals surface area (Å²) in [5.74, 6) is -2.21. The third-order valence-corrected chi connectivity index (χ3v) is 6.18. The lowest BCUT2D eigenvalue weighted by Gasteiger charge is -2.31. The molecule has 3 N–H and O–H groups in total. The number of nitrogens with one attached hydrogen (secondary N) is 3. The SMILES string of the molecule is C=O.C=O.CC.CNc1ccc(NC(=O)c2n[nH]c3ccc(-c4cncc(CN5CCC(F)(F)CC5)c4)cc23)cn1. The minimum Gasteiger partial charge on any atom is -0.373 e. The van der Waals surface area contributed by atoms with Crippen LogP contribution in [0.3, 0.4) is 0 Å². The Labute approximate surface area is 237 Å². The Bertz CT molecular complexity index is 1380. The molecule has 1 amide bonds. The molecule has 0 atom stereocenters. The topological polar surface area (TPSA) is 133 Å². The predicted molar refractivity (Wildman–Crippen MR) is 156 cm³/mol. The number of fused-ring (bicyclic) bond motifs is 1. The number of amides is 1. The number of alkyl halides is 2. The fourth-order valence-corrected chi connectivity index (χ4v) is 4.20. The Morgan fingerprint density at radius 2 is 1.71 bits per heavy atom. The van der Waals surface area contributed by atoms with Gasteiger partial charge in [0.15, 0.2) is 5.69 Å². The molecule has 0 saturated carbocycles. The molecule has 1 aliphatic heterocycles. The Morgan fingerprint density at radius 1 is 1.00 bits per heavy atom. The van der Waals surface area contributed by atoms with E-state index in [4.69, 9.17) is 9.59 Å². The standard InChI is InChI=1S/C25H25F2N7O.C2H6.2CH2O/c1-28-22-5-3-19(14-30-22)31-24(35)23-20-11-17(2-4-21(20)32-33-23)18-10-16(12-29-13-18)15-34-8-6-25(26,27)7-9-34;3*1-2/h2-5,10-14H,6-9,15H2,1H3,(H,28,30)(H,31,35)(H,32,33);1-2H3;2*1H2. The number of H-pyrrole nitrogens is 1. The van der Waals surface area contributed by atoms with E-state index in [0.29, 0.717) is 36.5 Å². The molecule has 4 heterocycles. The second kappa shape index (κ2) is 15.9. The lowest BCUT2D eigenvalue weighted by atomic mass is 10.0. The van der Waals surface area contributed by atoms with E-state index in [2.05, 4.69) is 30.8 Å². The van der Waals surface area contributed by atoms with Crippen LogP contribution in [0.1, 0.15) is 42.7 Å². The number of carbonyl (C=O) groups is 3. The molecule has 0 bridgehead atoms. The van der Waals surface area contributed by atoms with Gasteiger partial charge in [0.05, 0.1) is 17.4 Å². The Morgan fingerprint density at radius 3 is 2.34 bits per heavy atom. The van der Waals surface area contributed by atoms with Crippen molar-refractivity contribution in [2.24, 2.45) is 0 Å². The number of pyridine rings is 2. The second-order valence-electron chi connectivity index (χ2n) is 8.68. The molecule has 12 heteroatoms. The molecule has 218 valence electrons. The molecule has 0 unspecified atom stereocenters. The van der Waals surface area contributed by atoms with Gasteiger partial charge in [0.1, 0.15) is 19.4 Å². The zero-order valence-electron chi connectivity index (χ0n) is 23.4. The van der Waals surface area contributed by atoms with Crippen molar-refractivity contribution in [3.63, 3.8) is 0 Å². The van der Waals surface area contributed by atoms with Gasteiger partial charge in [0, 0.05) is 62.9 Å². The normalized spacial score (nSPS) is 13.8. The van der Waals surface area contributed by atoms with Gasteiger partial charge in [-0.3, -0.25) is 19.8 Å². The van der Waals surface area contributed by atoms with Crippen LogP contribution >= 0.6 is 0 Å². The third kappa shape index (κ3) is 8.70. The highest BCUT2D eigenvalue weighted by atomic mass is 19.3. The number of hydrogen-bond donors (Lipinski definition) is 3. The molecule has 1 aromatic carbocycles. The van der Waals surface area contributed by atoms with Gasteiger partial charge in [0.25, 0.3) is 11.8 Å². The largest absolute Gasteiger partial charge is 0.373 e. The van der Waals surface area contributed by atoms with E-state index in [1.165, 1.54) is 0 Å². The van der Waals surface area contributed by atoms with Gasteiger partial charge in [-0.25, -0.2) is 13.8 Å². The summed E-state index contributed by atoms with van der Waals surface area (Å²) in [5.41, 5.74) is 4.29. The van der Waals surface area contributed by atoms with Crippen LogP contribution in [0, 0.1) is 0 Å². The number of nitrogens with zero attached hydrogens (tertiary/aromatic N) is 4. The maximum absolute atomic E-state index is 13.5. The highest BCUT2D eigenvalue weighted by molar-refractivity contribution is 6.11. The summed E-state index contributed by atoms with van der Waals surface area (Å²) in [6, 6.07) is 11.2. The minimum atomic E-state index is -2.56. The molecule has 0 aliphatic carbocycles. The first-order valence-corrected chi connectivity index (χ1v) is 13.0. The molecule has 1 aliphatic rings. The van der Waals surface area contributed by atoms with E-state index < -0.39 is 5.92 Å². The minimum absolute atomic E-state index is 0.113. The molecule has 1 fully saturated rings. The van der Waals surface area contributed by atoms with Crippen LogP contribution in [0.5, 0.6) is 0 Å². The average molecular weight is 568 g/mol. The van der Waals surface area contributed by atoms with E-state index >= 15 is 0 Å². The third-order valence-electron chi connectivity index (χ3n) is 6.18. The predicted octanol–water partition coefficient (Wildman–Crippen LogP) is 5.20. The maximum Gasteiger partial charge on any atom is 0.276 e. The van der Waals surface area contributed by atoms with Crippen molar-refractivity contribution in [3.05, 3.63) is 66.2 Å². The van der Waals surface area contributed by atoms with Gasteiger partial charge in [-0.1, -0.05) is 19.9 Å². The molecule has 10 nitrogen and oxygen atoms in total. The number of rotatable bonds is 6. The number of aromatic amines is 1. The number of likely N-dealkylation sites (tertiary alicyclic amines) is 1. The number of anilines is 2. The summed E-state index contributed by atoms with van der Waals surface area (Å²) in [5, 5.41) is 13.6. The number of piperidine rings is 1. The number of carbonyl (C=O) groups excluding carboxylic acids is 3. The van der Waals surface area contributed by atoms with Gasteiger partial charge in [-0.15, -0.1) is 0 Å². The summed E-state index contributed by atoms with van der Waals surface area (Å²) >= 11 is 0. The van der Waals surface area contributed by atoms with E-state index in [1.54, 1.807) is 37.8 Å². The van der Waals surface area contributed by atoms with Gasteiger partial charge >= 0.3 is 0 Å². The molecule has 1 saturated heterocycles. The van der Waals surface area contributed by atoms with Crippen molar-refractivity contribution in [2.75, 3.05) is 30.8 Å². The van der Waals surface area contributed by atoms with E-state index in [-0.39, 0.29) is 24.4 Å². The summed E-state index contributed by atoms with van der Waals surface area (Å²) in [6.07, 6.45) is 4.86. The molecule has 0 spiro atoms. The number of halogens is 2. The number of hydrogen-bond acceptors (Lipinski definition) is 8. The van der Waals surface area contributed by atoms with Crippen LogP contribution < -0.4 is 10.6 Å². The van der Waals surface area contributed by atoms with Crippen LogP contribution in [0.4, 0.5) is 20.3 Å². The number of aromatic nitrogens is 4. The lowest BCUT2D eigenvalue weighted by Crippen LogP contribution is -2.38. The van der Waals surface area contributed by atoms with Crippen LogP contribution in [-0.4, -0.2) is 70.6 Å². The smallest absolute Gasteiger partial charge is 0.276 e. The van der Waals surface area contributed by atoms with E-state index in [9.17, 15) is 13.6 Å². The molecule has 0 radical (unpaired) electrons. The Hall–Kier alpha value is -4.58. The summed E-state index contributed by atoms with van der Waals surface area (Å²) < 4.78 is 26.9. The van der Waals surface area contributed by atoms with Crippen LogP contribution in [0.25, 0.3) is 22.0 Å². The fraction of sp³-hybridized carbons (Fsp3) is 0.310. The lowest BCUT2D eigenvalue weighted by molar-refractivity contribution is -0.0987. The molecular weight excluding hydrogens is 532 g/mol. The van der Waals surface area contributed by atoms with Gasteiger partial charge < -0.3 is 20.2 Å². The van der Waals surface area contributed by atoms with Gasteiger partial charge in [0.2, 0.25) is 0 Å². The van der Waals surface area contributed by atoms with Gasteiger partial charge in [-0.2, -0.15) is 5.10 Å². The Kier molecular flexibility index (Phi) is 12.6. The molecule has 5 rings (SSSR count). The maximum atomic E-state index is 13.5. The highest BCUT2D eigenvalue weighted by Crippen LogP contribution is 2.29. The summed E-state index contributed by atoms with van der Waals surface area (Å²) in [4.78, 5) is 39.5. The summed E-state index contributed by atoms with van der Waals surface area (Å²) in [7, 11) is 1.77. The first kappa shape index (κ1) is 32.6. The van der Waals surface area contributed by atoms with Crippen LogP contribution in [0.2, 0.25) is 0 Å². The van der Waals surface area contributed by atoms with Crippen molar-refractivity contribution >= 4 is 41.9 Å². The molecule has 4 aromatic rings. The first-order chi connectivity index (χ1) is 19.9. The highest BCUT2D eigenvalue weighted by Gasteiger charge is 2.33. The first-order valence-electron chi connectivity index (χ1n) is 13.0. The monoisotopic (exact) mass is 567 g/mol. The van der Waals surface area contributed by atoms with Crippen molar-refractivity contribution in [3.8, 4) is 11.1 Å². The second-order valence-corrected chi connectivity index (χ2v) is 8.68. The van der Waals surface area contributed by atoms with E-state index in [0.717, 1.165) is 22.2 Å². The number of benzene rings is 1. The van der Waals surface area contributed by atoms with Gasteiger partial charge in [-0.05, 0) is 41.5 Å². The van der Waals surface area contributed by atoms with Crippen molar-refractivity contribution in [2.45, 2.75) is 39.2 Å². The van der Waals surface area contributed by atoms with Crippen molar-refractivity contribution in [1.82, 2.24) is 25.1 Å². The zero-order valence-corrected chi connectivity index (χ0v) is 23.4. The van der Waals surface area contributed by atoms with Crippen molar-refractivity contribution < 1.29 is 23.2 Å². The molecule has 41 heavy (non-hydrogen) atoms. The molecular formula is C29H35F2N7O3. The van der Waals surface area contributed by atoms with Crippen molar-refractivity contribution in [1.29, 1.82) is 0 Å². The van der Waals surface area contributed by atoms with E-state index in [1.807, 2.05) is 56.6 Å². The quantitative estimate of drug-likeness (QED) is 0.290. The fourth-order valence-electron chi connectivity index (χ4n) is 4.20. The average Bonchev–Trinajstić information content (AvgIpc) is 3.45. The molecule has 3 aromatic heterocycles. The van der Waals surface area contributed by atoms with Crippen LogP contribution in [-0.2, 0) is 16.1 Å². The Balaban J connectivity index is 0.000000921. The van der Waals surface area contributed by atoms with Crippen LogP contribution in [0.15, 0.2) is 55.0 Å².